The minimum absolute atomic E-state index is 0.306. The Balaban J connectivity index is 1.89. The predicted molar refractivity (Wildman–Crippen MR) is 77.6 cm³/mol. The highest BCUT2D eigenvalue weighted by Crippen LogP contribution is 2.21. The van der Waals surface area contributed by atoms with Gasteiger partial charge in [0.05, 0.1) is 7.11 Å². The van der Waals surface area contributed by atoms with Gasteiger partial charge in [0.2, 0.25) is 0 Å². The van der Waals surface area contributed by atoms with Gasteiger partial charge in [-0.3, -0.25) is 4.90 Å². The molecule has 1 heterocycles. The number of methoxy groups -OCH3 is 1. The lowest BCUT2D eigenvalue weighted by atomic mass is 10.2. The second-order valence-corrected chi connectivity index (χ2v) is 4.95. The van der Waals surface area contributed by atoms with Gasteiger partial charge >= 0.3 is 5.97 Å². The monoisotopic (exact) mass is 275 g/mol. The van der Waals surface area contributed by atoms with E-state index in [1.54, 1.807) is 7.11 Å². The minimum Gasteiger partial charge on any atom is -0.497 e. The van der Waals surface area contributed by atoms with Crippen LogP contribution in [0.15, 0.2) is 36.9 Å². The van der Waals surface area contributed by atoms with Gasteiger partial charge in [-0.15, -0.1) is 0 Å². The van der Waals surface area contributed by atoms with Crippen molar-refractivity contribution in [2.75, 3.05) is 20.3 Å². The Morgan fingerprint density at radius 3 is 2.85 bits per heavy atom. The standard InChI is InChI=1S/C16H21NO3/c1-3-16(18)20-12-14-5-4-10-17(14)11-13-6-8-15(19-2)9-7-13/h3,6-9,14H,1,4-5,10-12H2,2H3/t14-/m0/s1. The highest BCUT2D eigenvalue weighted by Gasteiger charge is 2.25. The van der Waals surface area contributed by atoms with Crippen molar-refractivity contribution in [3.63, 3.8) is 0 Å². The van der Waals surface area contributed by atoms with Crippen LogP contribution in [0.3, 0.4) is 0 Å². The molecule has 4 nitrogen and oxygen atoms in total. The summed E-state index contributed by atoms with van der Waals surface area (Å²) in [5, 5.41) is 0. The second kappa shape index (κ2) is 7.10. The number of hydrogen-bond donors (Lipinski definition) is 0. The number of carbonyl (C=O) groups is 1. The van der Waals surface area contributed by atoms with Crippen LogP contribution in [0.1, 0.15) is 18.4 Å². The van der Waals surface area contributed by atoms with E-state index in [2.05, 4.69) is 23.6 Å². The van der Waals surface area contributed by atoms with Gasteiger partial charge < -0.3 is 9.47 Å². The number of ether oxygens (including phenoxy) is 2. The second-order valence-electron chi connectivity index (χ2n) is 4.95. The van der Waals surface area contributed by atoms with Crippen LogP contribution in [-0.2, 0) is 16.1 Å². The van der Waals surface area contributed by atoms with Crippen LogP contribution < -0.4 is 4.74 Å². The molecule has 108 valence electrons. The molecule has 0 aliphatic carbocycles. The fourth-order valence-corrected chi connectivity index (χ4v) is 2.49. The third-order valence-corrected chi connectivity index (χ3v) is 3.63. The SMILES string of the molecule is C=CC(=O)OC[C@@H]1CCCN1Cc1ccc(OC)cc1. The molecule has 0 aromatic heterocycles. The van der Waals surface area contributed by atoms with E-state index in [9.17, 15) is 4.79 Å². The van der Waals surface area contributed by atoms with Crippen LogP contribution in [-0.4, -0.2) is 37.2 Å². The molecule has 0 amide bonds. The molecule has 0 bridgehead atoms. The summed E-state index contributed by atoms with van der Waals surface area (Å²) in [5.41, 5.74) is 1.24. The van der Waals surface area contributed by atoms with Gasteiger partial charge in [0.1, 0.15) is 12.4 Å². The molecule has 1 aliphatic rings. The lowest BCUT2D eigenvalue weighted by molar-refractivity contribution is -0.139. The number of rotatable bonds is 6. The first kappa shape index (κ1) is 14.6. The fourth-order valence-electron chi connectivity index (χ4n) is 2.49. The fraction of sp³-hybridized carbons (Fsp3) is 0.438. The van der Waals surface area contributed by atoms with E-state index in [-0.39, 0.29) is 5.97 Å². The average Bonchev–Trinajstić information content (AvgIpc) is 2.92. The normalized spacial score (nSPS) is 18.8. The van der Waals surface area contributed by atoms with Crippen molar-refractivity contribution in [3.05, 3.63) is 42.5 Å². The van der Waals surface area contributed by atoms with Gasteiger partial charge in [0.25, 0.3) is 0 Å². The number of benzene rings is 1. The molecule has 1 aliphatic heterocycles. The molecule has 0 radical (unpaired) electrons. The van der Waals surface area contributed by atoms with E-state index >= 15 is 0 Å². The van der Waals surface area contributed by atoms with E-state index in [1.807, 2.05) is 12.1 Å². The maximum absolute atomic E-state index is 11.1. The van der Waals surface area contributed by atoms with Gasteiger partial charge in [0, 0.05) is 18.7 Å². The zero-order valence-electron chi connectivity index (χ0n) is 11.9. The molecule has 1 aromatic rings. The summed E-state index contributed by atoms with van der Waals surface area (Å²) in [6.07, 6.45) is 3.43. The molecule has 1 atom stereocenters. The topological polar surface area (TPSA) is 38.8 Å². The summed E-state index contributed by atoms with van der Waals surface area (Å²) in [5.74, 6) is 0.521. The van der Waals surface area contributed by atoms with E-state index in [0.717, 1.165) is 31.7 Å². The van der Waals surface area contributed by atoms with Crippen LogP contribution in [0.2, 0.25) is 0 Å². The van der Waals surface area contributed by atoms with Crippen molar-refractivity contribution < 1.29 is 14.3 Å². The smallest absolute Gasteiger partial charge is 0.330 e. The third-order valence-electron chi connectivity index (χ3n) is 3.63. The molecule has 1 aromatic carbocycles. The molecule has 0 spiro atoms. The summed E-state index contributed by atoms with van der Waals surface area (Å²) >= 11 is 0. The van der Waals surface area contributed by atoms with Crippen molar-refractivity contribution in [3.8, 4) is 5.75 Å². The van der Waals surface area contributed by atoms with Crippen molar-refractivity contribution in [1.29, 1.82) is 0 Å². The molecular weight excluding hydrogens is 254 g/mol. The van der Waals surface area contributed by atoms with Crippen molar-refractivity contribution >= 4 is 5.97 Å². The minimum atomic E-state index is -0.346. The Morgan fingerprint density at radius 1 is 1.45 bits per heavy atom. The number of carbonyl (C=O) groups excluding carboxylic acids is 1. The van der Waals surface area contributed by atoms with Crippen LogP contribution in [0, 0.1) is 0 Å². The zero-order chi connectivity index (χ0) is 14.4. The molecule has 4 heteroatoms. The first-order chi connectivity index (χ1) is 9.72. The lowest BCUT2D eigenvalue weighted by Crippen LogP contribution is -2.33. The summed E-state index contributed by atoms with van der Waals surface area (Å²) in [6.45, 7) is 5.77. The van der Waals surface area contributed by atoms with Crippen molar-refractivity contribution in [1.82, 2.24) is 4.90 Å². The molecule has 0 unspecified atom stereocenters. The van der Waals surface area contributed by atoms with Crippen LogP contribution in [0.25, 0.3) is 0 Å². The molecule has 2 rings (SSSR count). The third kappa shape index (κ3) is 3.84. The Morgan fingerprint density at radius 2 is 2.20 bits per heavy atom. The van der Waals surface area contributed by atoms with Gasteiger partial charge in [-0.25, -0.2) is 4.79 Å². The number of esters is 1. The Kier molecular flexibility index (Phi) is 5.18. The molecule has 1 saturated heterocycles. The van der Waals surface area contributed by atoms with Gasteiger partial charge in [0.15, 0.2) is 0 Å². The maximum atomic E-state index is 11.1. The van der Waals surface area contributed by atoms with Gasteiger partial charge in [-0.05, 0) is 37.1 Å². The quantitative estimate of drug-likeness (QED) is 0.590. The molecule has 0 N–H and O–H groups in total. The Hall–Kier alpha value is -1.81. The maximum Gasteiger partial charge on any atom is 0.330 e. The lowest BCUT2D eigenvalue weighted by Gasteiger charge is -2.24. The Bertz CT molecular complexity index is 455. The molecule has 20 heavy (non-hydrogen) atoms. The Labute approximate surface area is 120 Å². The number of likely N-dealkylation sites (tertiary alicyclic amines) is 1. The highest BCUT2D eigenvalue weighted by molar-refractivity contribution is 5.81. The summed E-state index contributed by atoms with van der Waals surface area (Å²) in [4.78, 5) is 13.5. The van der Waals surface area contributed by atoms with Crippen molar-refractivity contribution in [2.24, 2.45) is 0 Å². The molecule has 1 fully saturated rings. The van der Waals surface area contributed by atoms with Gasteiger partial charge in [-0.1, -0.05) is 18.7 Å². The van der Waals surface area contributed by atoms with E-state index < -0.39 is 0 Å². The predicted octanol–water partition coefficient (Wildman–Crippen LogP) is 2.39. The summed E-state index contributed by atoms with van der Waals surface area (Å²) in [7, 11) is 1.67. The van der Waals surface area contributed by atoms with E-state index in [0.29, 0.717) is 12.6 Å². The summed E-state index contributed by atoms with van der Waals surface area (Å²) in [6, 6.07) is 8.39. The van der Waals surface area contributed by atoms with Crippen LogP contribution in [0.5, 0.6) is 5.75 Å². The highest BCUT2D eigenvalue weighted by atomic mass is 16.5. The van der Waals surface area contributed by atoms with Crippen LogP contribution in [0.4, 0.5) is 0 Å². The van der Waals surface area contributed by atoms with Crippen molar-refractivity contribution in [2.45, 2.75) is 25.4 Å². The number of nitrogens with zero attached hydrogens (tertiary/aromatic N) is 1. The van der Waals surface area contributed by atoms with Crippen LogP contribution >= 0.6 is 0 Å². The molecular formula is C16H21NO3. The zero-order valence-corrected chi connectivity index (χ0v) is 11.9. The number of hydrogen-bond acceptors (Lipinski definition) is 4. The molecule has 0 saturated carbocycles. The van der Waals surface area contributed by atoms with E-state index in [4.69, 9.17) is 9.47 Å². The van der Waals surface area contributed by atoms with E-state index in [1.165, 1.54) is 11.6 Å². The summed E-state index contributed by atoms with van der Waals surface area (Å²) < 4.78 is 10.3. The largest absolute Gasteiger partial charge is 0.497 e. The first-order valence-electron chi connectivity index (χ1n) is 6.89. The average molecular weight is 275 g/mol. The van der Waals surface area contributed by atoms with Gasteiger partial charge in [-0.2, -0.15) is 0 Å². The first-order valence-corrected chi connectivity index (χ1v) is 6.89.